The van der Waals surface area contributed by atoms with Crippen molar-refractivity contribution in [1.29, 1.82) is 0 Å². The number of ether oxygens (including phenoxy) is 1. The number of halogens is 1. The average Bonchev–Trinajstić information content (AvgIpc) is 2.93. The van der Waals surface area contributed by atoms with E-state index < -0.39 is 0 Å². The molecule has 1 fully saturated rings. The lowest BCUT2D eigenvalue weighted by atomic mass is 10.1. The van der Waals surface area contributed by atoms with Crippen molar-refractivity contribution in [2.24, 2.45) is 0 Å². The van der Waals surface area contributed by atoms with Gasteiger partial charge in [-0.05, 0) is 50.2 Å². The first-order valence-electron chi connectivity index (χ1n) is 9.38. The fourth-order valence-electron chi connectivity index (χ4n) is 3.52. The molecular weight excluding hydrogens is 345 g/mol. The number of nitrogens with zero attached hydrogens (tertiary/aromatic N) is 2. The van der Waals surface area contributed by atoms with Gasteiger partial charge in [0.2, 0.25) is 5.91 Å². The fourth-order valence-corrected chi connectivity index (χ4v) is 3.52. The van der Waals surface area contributed by atoms with Crippen LogP contribution in [0.15, 0.2) is 30.3 Å². The molecule has 1 aliphatic heterocycles. The van der Waals surface area contributed by atoms with E-state index in [4.69, 9.17) is 4.74 Å². The van der Waals surface area contributed by atoms with E-state index in [9.17, 15) is 9.18 Å². The maximum absolute atomic E-state index is 13.1. The molecule has 1 unspecified atom stereocenters. The predicted molar refractivity (Wildman–Crippen MR) is 103 cm³/mol. The van der Waals surface area contributed by atoms with Gasteiger partial charge in [-0.2, -0.15) is 0 Å². The number of rotatable bonds is 6. The van der Waals surface area contributed by atoms with E-state index in [2.05, 4.69) is 23.0 Å². The molecular formula is C21H28FN3O2. The number of hydrogen-bond donors (Lipinski definition) is 1. The standard InChI is InChI=1S/C21H28FN3O2/c1-15-10-18(16(2)23-15)12-25(14-20-13-24(3)8-9-27-20)21(26)11-17-4-6-19(22)7-5-17/h4-7,10,20,23H,8-9,11-14H2,1-3H3. The molecule has 3 rings (SSSR count). The van der Waals surface area contributed by atoms with E-state index in [-0.39, 0.29) is 24.2 Å². The van der Waals surface area contributed by atoms with Crippen LogP contribution in [0.2, 0.25) is 0 Å². The Morgan fingerprint density at radius 1 is 1.33 bits per heavy atom. The van der Waals surface area contributed by atoms with Gasteiger partial charge in [-0.1, -0.05) is 12.1 Å². The largest absolute Gasteiger partial charge is 0.374 e. The van der Waals surface area contributed by atoms with E-state index in [1.54, 1.807) is 12.1 Å². The Morgan fingerprint density at radius 3 is 2.70 bits per heavy atom. The van der Waals surface area contributed by atoms with Crippen molar-refractivity contribution in [2.75, 3.05) is 33.3 Å². The van der Waals surface area contributed by atoms with Crippen LogP contribution >= 0.6 is 0 Å². The summed E-state index contributed by atoms with van der Waals surface area (Å²) < 4.78 is 19.0. The number of amides is 1. The normalized spacial score (nSPS) is 17.9. The van der Waals surface area contributed by atoms with Crippen LogP contribution in [0.5, 0.6) is 0 Å². The predicted octanol–water partition coefficient (Wildman–Crippen LogP) is 2.67. The first kappa shape index (κ1) is 19.6. The minimum absolute atomic E-state index is 0.00117. The smallest absolute Gasteiger partial charge is 0.227 e. The number of H-pyrrole nitrogens is 1. The van der Waals surface area contributed by atoms with Crippen LogP contribution in [-0.4, -0.2) is 60.1 Å². The van der Waals surface area contributed by atoms with E-state index in [1.165, 1.54) is 12.1 Å². The molecule has 1 aromatic carbocycles. The second-order valence-corrected chi connectivity index (χ2v) is 7.44. The van der Waals surface area contributed by atoms with Crippen LogP contribution < -0.4 is 0 Å². The van der Waals surface area contributed by atoms with Gasteiger partial charge in [-0.15, -0.1) is 0 Å². The summed E-state index contributed by atoms with van der Waals surface area (Å²) in [6.07, 6.45) is 0.256. The highest BCUT2D eigenvalue weighted by molar-refractivity contribution is 5.78. The van der Waals surface area contributed by atoms with Crippen LogP contribution in [0.4, 0.5) is 4.39 Å². The van der Waals surface area contributed by atoms with E-state index in [0.717, 1.165) is 35.6 Å². The number of aromatic amines is 1. The molecule has 6 heteroatoms. The van der Waals surface area contributed by atoms with Gasteiger partial charge in [0.05, 0.1) is 19.1 Å². The van der Waals surface area contributed by atoms with E-state index in [1.807, 2.05) is 18.7 Å². The molecule has 1 N–H and O–H groups in total. The summed E-state index contributed by atoms with van der Waals surface area (Å²) in [5.41, 5.74) is 4.09. The van der Waals surface area contributed by atoms with Gasteiger partial charge < -0.3 is 19.5 Å². The zero-order valence-electron chi connectivity index (χ0n) is 16.3. The summed E-state index contributed by atoms with van der Waals surface area (Å²) in [6.45, 7) is 7.54. The number of hydrogen-bond acceptors (Lipinski definition) is 3. The van der Waals surface area contributed by atoms with Gasteiger partial charge in [-0.3, -0.25) is 4.79 Å². The highest BCUT2D eigenvalue weighted by Gasteiger charge is 2.24. The first-order valence-corrected chi connectivity index (χ1v) is 9.38. The summed E-state index contributed by atoms with van der Waals surface area (Å²) in [5.74, 6) is -0.267. The zero-order valence-corrected chi connectivity index (χ0v) is 16.3. The van der Waals surface area contributed by atoms with Crippen LogP contribution in [0.3, 0.4) is 0 Å². The molecule has 27 heavy (non-hydrogen) atoms. The lowest BCUT2D eigenvalue weighted by Gasteiger charge is -2.34. The maximum atomic E-state index is 13.1. The molecule has 0 aliphatic carbocycles. The molecule has 0 spiro atoms. The van der Waals surface area contributed by atoms with E-state index >= 15 is 0 Å². The Kier molecular flexibility index (Phi) is 6.29. The topological polar surface area (TPSA) is 48.6 Å². The third-order valence-corrected chi connectivity index (χ3v) is 5.01. The highest BCUT2D eigenvalue weighted by atomic mass is 19.1. The van der Waals surface area contributed by atoms with Crippen molar-refractivity contribution in [1.82, 2.24) is 14.8 Å². The number of aromatic nitrogens is 1. The van der Waals surface area contributed by atoms with Crippen LogP contribution in [0, 0.1) is 19.7 Å². The molecule has 1 atom stereocenters. The van der Waals surface area contributed by atoms with Gasteiger partial charge in [0, 0.05) is 37.6 Å². The maximum Gasteiger partial charge on any atom is 0.227 e. The van der Waals surface area contributed by atoms with Crippen molar-refractivity contribution in [3.8, 4) is 0 Å². The Labute approximate surface area is 160 Å². The monoisotopic (exact) mass is 373 g/mol. The van der Waals surface area contributed by atoms with Crippen LogP contribution in [0.25, 0.3) is 0 Å². The fraction of sp³-hybridized carbons (Fsp3) is 0.476. The number of carbonyl (C=O) groups excluding carboxylic acids is 1. The number of nitrogens with one attached hydrogen (secondary N) is 1. The van der Waals surface area contributed by atoms with Gasteiger partial charge in [0.1, 0.15) is 5.82 Å². The Morgan fingerprint density at radius 2 is 2.07 bits per heavy atom. The molecule has 1 saturated heterocycles. The lowest BCUT2D eigenvalue weighted by Crippen LogP contribution is -2.47. The lowest BCUT2D eigenvalue weighted by molar-refractivity contribution is -0.134. The number of benzene rings is 1. The van der Waals surface area contributed by atoms with Crippen molar-refractivity contribution in [3.63, 3.8) is 0 Å². The molecule has 2 aromatic rings. The molecule has 1 aliphatic rings. The molecule has 2 heterocycles. The Hall–Kier alpha value is -2.18. The summed E-state index contributed by atoms with van der Waals surface area (Å²) >= 11 is 0. The minimum atomic E-state index is -0.292. The van der Waals surface area contributed by atoms with Crippen molar-refractivity contribution in [3.05, 3.63) is 58.7 Å². The van der Waals surface area contributed by atoms with Crippen molar-refractivity contribution < 1.29 is 13.9 Å². The van der Waals surface area contributed by atoms with Gasteiger partial charge in [0.25, 0.3) is 0 Å². The molecule has 0 saturated carbocycles. The second kappa shape index (κ2) is 8.67. The molecule has 0 bridgehead atoms. The first-order chi connectivity index (χ1) is 12.9. The zero-order chi connectivity index (χ0) is 19.4. The average molecular weight is 373 g/mol. The van der Waals surface area contributed by atoms with Gasteiger partial charge in [0.15, 0.2) is 0 Å². The Bertz CT molecular complexity index is 772. The SMILES string of the molecule is Cc1cc(CN(CC2CN(C)CCO2)C(=O)Cc2ccc(F)cc2)c(C)[nH]1. The number of carbonyl (C=O) groups is 1. The molecule has 5 nitrogen and oxygen atoms in total. The van der Waals surface area contributed by atoms with Gasteiger partial charge >= 0.3 is 0 Å². The highest BCUT2D eigenvalue weighted by Crippen LogP contribution is 2.16. The van der Waals surface area contributed by atoms with Gasteiger partial charge in [-0.25, -0.2) is 4.39 Å². The number of likely N-dealkylation sites (N-methyl/N-ethyl adjacent to an activating group) is 1. The summed E-state index contributed by atoms with van der Waals surface area (Å²) in [4.78, 5) is 20.4. The number of aryl methyl sites for hydroxylation is 2. The summed E-state index contributed by atoms with van der Waals surface area (Å²) in [7, 11) is 2.07. The van der Waals surface area contributed by atoms with E-state index in [0.29, 0.717) is 19.7 Å². The second-order valence-electron chi connectivity index (χ2n) is 7.44. The van der Waals surface area contributed by atoms with Crippen LogP contribution in [-0.2, 0) is 22.5 Å². The minimum Gasteiger partial charge on any atom is -0.374 e. The molecule has 146 valence electrons. The number of morpholine rings is 1. The molecule has 1 amide bonds. The molecule has 0 radical (unpaired) electrons. The van der Waals surface area contributed by atoms with Crippen molar-refractivity contribution >= 4 is 5.91 Å². The third kappa shape index (κ3) is 5.40. The third-order valence-electron chi connectivity index (χ3n) is 5.01. The van der Waals surface area contributed by atoms with Crippen LogP contribution in [0.1, 0.15) is 22.5 Å². The summed E-state index contributed by atoms with van der Waals surface area (Å²) in [5, 5.41) is 0. The summed E-state index contributed by atoms with van der Waals surface area (Å²) in [6, 6.07) is 8.21. The van der Waals surface area contributed by atoms with Crippen molar-refractivity contribution in [2.45, 2.75) is 32.9 Å². The Balaban J connectivity index is 1.74. The molecule has 1 aromatic heterocycles. The quantitative estimate of drug-likeness (QED) is 0.847.